The average Bonchev–Trinajstić information content (AvgIpc) is 2.18. The molecule has 0 amide bonds. The molecule has 0 spiro atoms. The van der Waals surface area contributed by atoms with Crippen LogP contribution >= 0.6 is 0 Å². The summed E-state index contributed by atoms with van der Waals surface area (Å²) >= 11 is 0. The van der Waals surface area contributed by atoms with Crippen molar-refractivity contribution in [2.75, 3.05) is 7.11 Å². The number of halogens is 3. The van der Waals surface area contributed by atoms with Crippen LogP contribution in [0.3, 0.4) is 0 Å². The van der Waals surface area contributed by atoms with E-state index >= 15 is 0 Å². The number of aromatic nitrogens is 2. The first-order chi connectivity index (χ1) is 6.88. The smallest absolute Gasteiger partial charge is 0.430 e. The number of hydrogen-bond acceptors (Lipinski definition) is 4. The Bertz CT molecular complexity index is 302. The highest BCUT2D eigenvalue weighted by Crippen LogP contribution is 2.11. The van der Waals surface area contributed by atoms with E-state index in [0.29, 0.717) is 0 Å². The van der Waals surface area contributed by atoms with Crippen molar-refractivity contribution in [3.05, 3.63) is 24.8 Å². The number of aliphatic carboxylic acids is 1. The molecule has 0 fully saturated rings. The predicted molar refractivity (Wildman–Crippen MR) is 38.0 cm³/mol. The molecule has 0 N–H and O–H groups in total. The van der Waals surface area contributed by atoms with Gasteiger partial charge in [-0.15, -0.1) is 0 Å². The normalized spacial score (nSPS) is 9.87. The van der Waals surface area contributed by atoms with Gasteiger partial charge in [0.2, 0.25) is 0 Å². The number of nitrogens with zero attached hydrogens (tertiary/aromatic N) is 2. The Morgan fingerprint density at radius 3 is 2.27 bits per heavy atom. The van der Waals surface area contributed by atoms with Gasteiger partial charge in [-0.25, -0.2) is 0 Å². The molecule has 0 aliphatic rings. The molecule has 0 aromatic carbocycles. The lowest BCUT2D eigenvalue weighted by atomic mass is 10.7. The molecule has 1 aromatic rings. The number of rotatable bonds is 1. The lowest BCUT2D eigenvalue weighted by Gasteiger charge is -2.03. The van der Waals surface area contributed by atoms with E-state index in [1.54, 1.807) is 31.9 Å². The molecule has 1 heterocycles. The summed E-state index contributed by atoms with van der Waals surface area (Å²) in [6.07, 6.45) is -0.150. The highest BCUT2D eigenvalue weighted by atomic mass is 19.4. The lowest BCUT2D eigenvalue weighted by molar-refractivity contribution is -0.887. The van der Waals surface area contributed by atoms with Crippen LogP contribution in [-0.2, 0) is 4.79 Å². The molecule has 0 saturated carbocycles. The maximum atomic E-state index is 10.5. The van der Waals surface area contributed by atoms with Gasteiger partial charge in [0.05, 0.1) is 0 Å². The molecular formula is C7H7F3N2O3. The number of hydrogen-bond donors (Lipinski definition) is 0. The molecule has 0 atom stereocenters. The van der Waals surface area contributed by atoms with Crippen molar-refractivity contribution < 1.29 is 32.6 Å². The largest absolute Gasteiger partial charge is 0.542 e. The third-order valence-corrected chi connectivity index (χ3v) is 1.03. The van der Waals surface area contributed by atoms with Gasteiger partial charge in [0.15, 0.2) is 0 Å². The number of carboxylic acid groups (broad SMARTS) is 1. The van der Waals surface area contributed by atoms with Gasteiger partial charge < -0.3 is 14.7 Å². The molecular weight excluding hydrogens is 217 g/mol. The average molecular weight is 224 g/mol. The summed E-state index contributed by atoms with van der Waals surface area (Å²) in [6, 6.07) is 1.80. The first kappa shape index (κ1) is 13.1. The monoisotopic (exact) mass is 224 g/mol. The zero-order valence-electron chi connectivity index (χ0n) is 7.56. The van der Waals surface area contributed by atoms with Crippen LogP contribution in [0.2, 0.25) is 0 Å². The van der Waals surface area contributed by atoms with Gasteiger partial charge in [-0.05, 0) is 0 Å². The summed E-state index contributed by atoms with van der Waals surface area (Å²) in [7, 11) is 1.58. The Balaban J connectivity index is 0.000000265. The van der Waals surface area contributed by atoms with E-state index in [1.807, 2.05) is 0 Å². The van der Waals surface area contributed by atoms with Crippen LogP contribution in [0.25, 0.3) is 0 Å². The third-order valence-electron chi connectivity index (χ3n) is 1.03. The Kier molecular flexibility index (Phi) is 5.07. The summed E-state index contributed by atoms with van der Waals surface area (Å²) in [4.78, 5) is 17.3. The molecule has 1 aromatic heterocycles. The van der Waals surface area contributed by atoms with Crippen molar-refractivity contribution >= 4 is 5.97 Å². The van der Waals surface area contributed by atoms with Gasteiger partial charge in [0.1, 0.15) is 25.5 Å². The number of carboxylic acids is 1. The van der Waals surface area contributed by atoms with Crippen molar-refractivity contribution in [3.8, 4) is 0 Å². The minimum atomic E-state index is -5.19. The first-order valence-electron chi connectivity index (χ1n) is 3.52. The molecule has 15 heavy (non-hydrogen) atoms. The molecule has 5 nitrogen and oxygen atoms in total. The molecule has 84 valence electrons. The summed E-state index contributed by atoms with van der Waals surface area (Å²) in [6.45, 7) is 0. The van der Waals surface area contributed by atoms with E-state index in [0.717, 1.165) is 0 Å². The second-order valence-electron chi connectivity index (χ2n) is 2.08. The lowest BCUT2D eigenvalue weighted by Crippen LogP contribution is -2.39. The summed E-state index contributed by atoms with van der Waals surface area (Å²) < 4.78 is 33.1. The topological polar surface area (TPSA) is 66.1 Å². The van der Waals surface area contributed by atoms with Gasteiger partial charge in [0, 0.05) is 6.07 Å². The first-order valence-corrected chi connectivity index (χ1v) is 3.52. The maximum Gasteiger partial charge on any atom is 0.430 e. The predicted octanol–water partition coefficient (Wildman–Crippen LogP) is -1.27. The zero-order valence-corrected chi connectivity index (χ0v) is 7.56. The van der Waals surface area contributed by atoms with Crippen LogP contribution < -0.4 is 14.7 Å². The summed E-state index contributed by atoms with van der Waals surface area (Å²) in [5.41, 5.74) is 0. The minimum Gasteiger partial charge on any atom is -0.542 e. The molecule has 0 unspecified atom stereocenters. The fourth-order valence-corrected chi connectivity index (χ4v) is 0.424. The van der Waals surface area contributed by atoms with Gasteiger partial charge >= 0.3 is 12.5 Å². The third kappa shape index (κ3) is 6.24. The van der Waals surface area contributed by atoms with Crippen LogP contribution in [0.1, 0.15) is 0 Å². The van der Waals surface area contributed by atoms with E-state index in [9.17, 15) is 13.2 Å². The van der Waals surface area contributed by atoms with E-state index in [1.165, 1.54) is 4.73 Å². The Morgan fingerprint density at radius 2 is 2.07 bits per heavy atom. The highest BCUT2D eigenvalue weighted by Gasteiger charge is 2.28. The highest BCUT2D eigenvalue weighted by molar-refractivity contribution is 5.70. The molecule has 0 saturated heterocycles. The second-order valence-corrected chi connectivity index (χ2v) is 2.08. The van der Waals surface area contributed by atoms with Crippen molar-refractivity contribution in [3.63, 3.8) is 0 Å². The second kappa shape index (κ2) is 5.78. The van der Waals surface area contributed by atoms with Crippen molar-refractivity contribution in [1.29, 1.82) is 0 Å². The van der Waals surface area contributed by atoms with Crippen LogP contribution in [0.4, 0.5) is 13.2 Å². The quantitative estimate of drug-likeness (QED) is 0.557. The number of alkyl halides is 3. The zero-order chi connectivity index (χ0) is 11.9. The molecule has 0 bridgehead atoms. The van der Waals surface area contributed by atoms with E-state index in [2.05, 4.69) is 4.98 Å². The Morgan fingerprint density at radius 1 is 1.53 bits per heavy atom. The number of carbonyl (C=O) groups excluding carboxylic acids is 1. The van der Waals surface area contributed by atoms with Gasteiger partial charge in [0.25, 0.3) is 0 Å². The van der Waals surface area contributed by atoms with Gasteiger partial charge in [-0.3, -0.25) is 0 Å². The SMILES string of the molecule is CO[n+]1cccnc1.O=C([O-])C(F)(F)F. The number of carbonyl (C=O) groups is 1. The van der Waals surface area contributed by atoms with Crippen LogP contribution in [-0.4, -0.2) is 24.2 Å². The van der Waals surface area contributed by atoms with Crippen LogP contribution in [0.15, 0.2) is 24.8 Å². The minimum absolute atomic E-state index is 1.51. The fraction of sp³-hybridized carbons (Fsp3) is 0.286. The van der Waals surface area contributed by atoms with Crippen molar-refractivity contribution in [1.82, 2.24) is 4.98 Å². The molecule has 0 aliphatic heterocycles. The fourth-order valence-electron chi connectivity index (χ4n) is 0.424. The van der Waals surface area contributed by atoms with Crippen molar-refractivity contribution in [2.45, 2.75) is 6.18 Å². The summed E-state index contributed by atoms with van der Waals surface area (Å²) in [5, 5.41) is 8.78. The van der Waals surface area contributed by atoms with E-state index in [4.69, 9.17) is 14.7 Å². The van der Waals surface area contributed by atoms with Crippen molar-refractivity contribution in [2.24, 2.45) is 0 Å². The molecule has 8 heteroatoms. The molecule has 1 rings (SSSR count). The van der Waals surface area contributed by atoms with E-state index in [-0.39, 0.29) is 0 Å². The molecule has 0 radical (unpaired) electrons. The van der Waals surface area contributed by atoms with Gasteiger partial charge in [-0.1, -0.05) is 9.71 Å². The van der Waals surface area contributed by atoms with Crippen LogP contribution in [0, 0.1) is 0 Å². The standard InChI is InChI=1S/C5H7N2O.C2HF3O2/c1-8-7-4-2-3-6-5-7;3-2(4,5)1(6)7/h2-5H,1H3;(H,6,7)/q+1;/p-1. The Labute approximate surface area is 82.7 Å². The van der Waals surface area contributed by atoms with E-state index < -0.39 is 12.1 Å². The Hall–Kier alpha value is -1.86. The maximum absolute atomic E-state index is 10.5. The summed E-state index contributed by atoms with van der Waals surface area (Å²) in [5.74, 6) is -3.01. The van der Waals surface area contributed by atoms with Gasteiger partial charge in [-0.2, -0.15) is 13.2 Å². The van der Waals surface area contributed by atoms with Crippen LogP contribution in [0.5, 0.6) is 0 Å². The molecule has 0 aliphatic carbocycles.